The Kier molecular flexibility index (Phi) is 1.50. The van der Waals surface area contributed by atoms with Crippen LogP contribution < -0.4 is 0 Å². The molecule has 42 valence electrons. The maximum absolute atomic E-state index is 10.4. The van der Waals surface area contributed by atoms with Crippen LogP contribution in [0.5, 0.6) is 0 Å². The number of rotatable bonds is 0. The molecular weight excluding hydrogens is 94.0 g/mol. The molecule has 0 aromatic rings. The lowest BCUT2D eigenvalue weighted by atomic mass is 10.6. The molecule has 0 aromatic heterocycles. The molecule has 0 aliphatic carbocycles. The second-order valence-corrected chi connectivity index (χ2v) is 1.87. The van der Waals surface area contributed by atoms with Gasteiger partial charge in [-0.2, -0.15) is 0 Å². The Balaban J connectivity index is 3.79. The number of hydroxylamine groups is 3. The van der Waals surface area contributed by atoms with Crippen LogP contribution in [0.15, 0.2) is 0 Å². The monoisotopic (exact) mass is 103 g/mol. The molecule has 0 rings (SSSR count). The molecule has 7 heavy (non-hydrogen) atoms. The molecule has 3 nitrogen and oxygen atoms in total. The second-order valence-electron chi connectivity index (χ2n) is 1.87. The summed E-state index contributed by atoms with van der Waals surface area (Å²) in [5.41, 5.74) is 0. The number of amides is 1. The van der Waals surface area contributed by atoms with Gasteiger partial charge in [0.15, 0.2) is 0 Å². The fourth-order valence-corrected chi connectivity index (χ4v) is 0. The number of carbonyl (C=O) groups excluding carboxylic acids is 1. The highest BCUT2D eigenvalue weighted by Crippen LogP contribution is 1.89. The SMILES string of the molecule is CC(=O)[N+](C)(C)[O-]. The van der Waals surface area contributed by atoms with E-state index in [1.807, 2.05) is 0 Å². The first kappa shape index (κ1) is 6.59. The molecule has 3 heteroatoms. The summed E-state index contributed by atoms with van der Waals surface area (Å²) in [5.74, 6) is -0.375. The zero-order valence-electron chi connectivity index (χ0n) is 4.76. The summed E-state index contributed by atoms with van der Waals surface area (Å²) >= 11 is 0. The Morgan fingerprint density at radius 1 is 1.57 bits per heavy atom. The zero-order valence-corrected chi connectivity index (χ0v) is 4.76. The van der Waals surface area contributed by atoms with Gasteiger partial charge in [-0.1, -0.05) is 0 Å². The molecule has 0 unspecified atom stereocenters. The first-order chi connectivity index (χ1) is 2.94. The smallest absolute Gasteiger partial charge is 0.310 e. The summed E-state index contributed by atoms with van der Waals surface area (Å²) in [5, 5.41) is 10.4. The van der Waals surface area contributed by atoms with Crippen molar-refractivity contribution in [3.05, 3.63) is 5.21 Å². The fourth-order valence-electron chi connectivity index (χ4n) is 0. The molecule has 0 radical (unpaired) electrons. The van der Waals surface area contributed by atoms with Gasteiger partial charge in [0.05, 0.1) is 21.0 Å². The molecular formula is C4H9NO2. The van der Waals surface area contributed by atoms with Crippen molar-refractivity contribution in [1.82, 2.24) is 0 Å². The Morgan fingerprint density at radius 2 is 1.71 bits per heavy atom. The van der Waals surface area contributed by atoms with Gasteiger partial charge in [0.25, 0.3) is 0 Å². The Bertz CT molecular complexity index is 82.2. The van der Waals surface area contributed by atoms with E-state index in [0.717, 1.165) is 0 Å². The minimum atomic E-state index is -0.833. The van der Waals surface area contributed by atoms with E-state index in [4.69, 9.17) is 0 Å². The highest BCUT2D eigenvalue weighted by Gasteiger charge is 2.06. The van der Waals surface area contributed by atoms with Gasteiger partial charge in [-0.05, 0) is 0 Å². The number of nitrogens with zero attached hydrogens (tertiary/aromatic N) is 1. The van der Waals surface area contributed by atoms with Crippen molar-refractivity contribution in [2.24, 2.45) is 0 Å². The maximum Gasteiger partial charge on any atom is 0.310 e. The highest BCUT2D eigenvalue weighted by molar-refractivity contribution is 5.65. The van der Waals surface area contributed by atoms with Crippen LogP contribution in [0.25, 0.3) is 0 Å². The third-order valence-electron chi connectivity index (χ3n) is 0.758. The third kappa shape index (κ3) is 2.31. The summed E-state index contributed by atoms with van der Waals surface area (Å²) in [6, 6.07) is 0. The van der Waals surface area contributed by atoms with E-state index in [0.29, 0.717) is 0 Å². The van der Waals surface area contributed by atoms with Crippen molar-refractivity contribution in [2.75, 3.05) is 14.1 Å². The zero-order chi connectivity index (χ0) is 6.08. The van der Waals surface area contributed by atoms with Crippen molar-refractivity contribution in [1.29, 1.82) is 0 Å². The lowest BCUT2D eigenvalue weighted by Crippen LogP contribution is -2.36. The van der Waals surface area contributed by atoms with Gasteiger partial charge < -0.3 is 9.85 Å². The molecule has 0 atom stereocenters. The maximum atomic E-state index is 10.4. The van der Waals surface area contributed by atoms with E-state index in [2.05, 4.69) is 0 Å². The van der Waals surface area contributed by atoms with E-state index in [-0.39, 0.29) is 5.91 Å². The van der Waals surface area contributed by atoms with E-state index in [1.54, 1.807) is 0 Å². The van der Waals surface area contributed by atoms with Gasteiger partial charge in [-0.3, -0.25) is 0 Å². The molecule has 0 saturated carbocycles. The van der Waals surface area contributed by atoms with Crippen molar-refractivity contribution in [3.63, 3.8) is 0 Å². The molecule has 0 aliphatic heterocycles. The van der Waals surface area contributed by atoms with Crippen LogP contribution in [0.4, 0.5) is 0 Å². The minimum absolute atomic E-state index is 0.375. The summed E-state index contributed by atoms with van der Waals surface area (Å²) in [4.78, 5) is 10.1. The Morgan fingerprint density at radius 3 is 1.71 bits per heavy atom. The number of hydrogen-bond acceptors (Lipinski definition) is 2. The molecule has 0 heterocycles. The number of carbonyl (C=O) groups is 1. The standard InChI is InChI=1S/C4H9NO2/c1-4(6)5(2,3)7/h1-3H3. The van der Waals surface area contributed by atoms with Crippen LogP contribution >= 0.6 is 0 Å². The molecule has 0 aliphatic rings. The largest absolute Gasteiger partial charge is 0.626 e. The molecule has 0 N–H and O–H groups in total. The lowest BCUT2D eigenvalue weighted by molar-refractivity contribution is -0.759. The third-order valence-corrected chi connectivity index (χ3v) is 0.758. The predicted molar refractivity (Wildman–Crippen MR) is 26.2 cm³/mol. The molecule has 0 aromatic carbocycles. The minimum Gasteiger partial charge on any atom is -0.626 e. The van der Waals surface area contributed by atoms with Gasteiger partial charge in [0.2, 0.25) is 0 Å². The van der Waals surface area contributed by atoms with E-state index in [9.17, 15) is 10.0 Å². The Labute approximate surface area is 42.7 Å². The highest BCUT2D eigenvalue weighted by atomic mass is 16.6. The van der Waals surface area contributed by atoms with Crippen LogP contribution in [0.1, 0.15) is 6.92 Å². The number of quaternary nitrogens is 1. The molecule has 0 bridgehead atoms. The average Bonchev–Trinajstić information content (AvgIpc) is 1.31. The van der Waals surface area contributed by atoms with E-state index < -0.39 is 4.65 Å². The van der Waals surface area contributed by atoms with E-state index >= 15 is 0 Å². The van der Waals surface area contributed by atoms with Gasteiger partial charge in [-0.25, -0.2) is 4.79 Å². The molecule has 0 fully saturated rings. The second kappa shape index (κ2) is 1.60. The molecule has 1 amide bonds. The summed E-state index contributed by atoms with van der Waals surface area (Å²) in [7, 11) is 2.59. The van der Waals surface area contributed by atoms with Crippen LogP contribution in [-0.4, -0.2) is 24.6 Å². The molecule has 0 spiro atoms. The van der Waals surface area contributed by atoms with Crippen LogP contribution in [0, 0.1) is 5.21 Å². The van der Waals surface area contributed by atoms with Gasteiger partial charge in [0.1, 0.15) is 0 Å². The first-order valence-electron chi connectivity index (χ1n) is 2.00. The van der Waals surface area contributed by atoms with E-state index in [1.165, 1.54) is 21.0 Å². The van der Waals surface area contributed by atoms with Crippen LogP contribution in [0.3, 0.4) is 0 Å². The normalized spacial score (nSPS) is 11.4. The Hall–Kier alpha value is -0.410. The van der Waals surface area contributed by atoms with Gasteiger partial charge in [0, 0.05) is 0 Å². The summed E-state index contributed by atoms with van der Waals surface area (Å²) in [6.07, 6.45) is 0. The first-order valence-corrected chi connectivity index (χ1v) is 2.00. The molecule has 0 saturated heterocycles. The van der Waals surface area contributed by atoms with Crippen LogP contribution in [-0.2, 0) is 4.79 Å². The van der Waals surface area contributed by atoms with Crippen molar-refractivity contribution in [3.8, 4) is 0 Å². The number of hydrogen-bond donors (Lipinski definition) is 0. The lowest BCUT2D eigenvalue weighted by Gasteiger charge is -2.28. The summed E-state index contributed by atoms with van der Waals surface area (Å²) < 4.78 is -0.833. The van der Waals surface area contributed by atoms with Gasteiger partial charge >= 0.3 is 5.91 Å². The van der Waals surface area contributed by atoms with Crippen molar-refractivity contribution >= 4 is 5.91 Å². The van der Waals surface area contributed by atoms with Crippen molar-refractivity contribution < 1.29 is 9.44 Å². The average molecular weight is 103 g/mol. The topological polar surface area (TPSA) is 40.1 Å². The van der Waals surface area contributed by atoms with Crippen molar-refractivity contribution in [2.45, 2.75) is 6.92 Å². The summed E-state index contributed by atoms with van der Waals surface area (Å²) in [6.45, 7) is 1.27. The fraction of sp³-hybridized carbons (Fsp3) is 0.750. The van der Waals surface area contributed by atoms with Crippen LogP contribution in [0.2, 0.25) is 0 Å². The quantitative estimate of drug-likeness (QED) is 0.322. The van der Waals surface area contributed by atoms with Gasteiger partial charge in [-0.15, -0.1) is 0 Å². The predicted octanol–water partition coefficient (Wildman–Crippen LogP) is 0.107.